The van der Waals surface area contributed by atoms with Crippen molar-refractivity contribution in [2.75, 3.05) is 6.54 Å². The number of rotatable bonds is 7. The maximum absolute atomic E-state index is 12.0. The van der Waals surface area contributed by atoms with Gasteiger partial charge in [0.1, 0.15) is 0 Å². The standard InChI is InChI=1S/C13H16N2O4S/c1-10-8-12(6-5-11(10)9-14)20(18,19)15-7-3-2-4-13(16)17/h5-6,8,15H,2-4,7H2,1H3,(H,16,17). The number of carbonyl (C=O) groups is 1. The van der Waals surface area contributed by atoms with Gasteiger partial charge in [0.15, 0.2) is 0 Å². The van der Waals surface area contributed by atoms with Crippen molar-refractivity contribution in [1.29, 1.82) is 5.26 Å². The number of nitrogens with one attached hydrogen (secondary N) is 1. The fraction of sp³-hybridized carbons (Fsp3) is 0.385. The average Bonchev–Trinajstić information content (AvgIpc) is 2.37. The summed E-state index contributed by atoms with van der Waals surface area (Å²) in [5.74, 6) is -0.893. The molecule has 0 saturated carbocycles. The minimum atomic E-state index is -3.62. The number of carboxylic acids is 1. The molecule has 1 aromatic carbocycles. The Kier molecular flexibility index (Phi) is 5.67. The Balaban J connectivity index is 2.63. The van der Waals surface area contributed by atoms with Crippen LogP contribution in [0.15, 0.2) is 23.1 Å². The van der Waals surface area contributed by atoms with Crippen molar-refractivity contribution < 1.29 is 18.3 Å². The third-order valence-corrected chi connectivity index (χ3v) is 4.20. The van der Waals surface area contributed by atoms with Gasteiger partial charge in [-0.15, -0.1) is 0 Å². The fourth-order valence-corrected chi connectivity index (χ4v) is 2.78. The normalized spacial score (nSPS) is 11.0. The summed E-state index contributed by atoms with van der Waals surface area (Å²) in [7, 11) is -3.62. The molecule has 0 saturated heterocycles. The highest BCUT2D eigenvalue weighted by Gasteiger charge is 2.14. The summed E-state index contributed by atoms with van der Waals surface area (Å²) in [6, 6.07) is 6.26. The Hall–Kier alpha value is -1.91. The SMILES string of the molecule is Cc1cc(S(=O)(=O)NCCCCC(=O)O)ccc1C#N. The van der Waals surface area contributed by atoms with Crippen LogP contribution in [-0.4, -0.2) is 26.0 Å². The minimum Gasteiger partial charge on any atom is -0.481 e. The smallest absolute Gasteiger partial charge is 0.303 e. The zero-order valence-electron chi connectivity index (χ0n) is 11.1. The average molecular weight is 296 g/mol. The van der Waals surface area contributed by atoms with Crippen molar-refractivity contribution in [2.24, 2.45) is 0 Å². The highest BCUT2D eigenvalue weighted by Crippen LogP contribution is 2.14. The van der Waals surface area contributed by atoms with Crippen LogP contribution in [0.5, 0.6) is 0 Å². The molecule has 0 aliphatic carbocycles. The number of hydrogen-bond donors (Lipinski definition) is 2. The second kappa shape index (κ2) is 7.03. The molecule has 0 spiro atoms. The first kappa shape index (κ1) is 16.1. The van der Waals surface area contributed by atoms with Gasteiger partial charge in [-0.3, -0.25) is 4.79 Å². The van der Waals surface area contributed by atoms with Crippen LogP contribution in [0.25, 0.3) is 0 Å². The molecular formula is C13H16N2O4S. The molecule has 0 amide bonds. The number of aliphatic carboxylic acids is 1. The third kappa shape index (κ3) is 4.64. The lowest BCUT2D eigenvalue weighted by molar-refractivity contribution is -0.137. The first-order valence-corrected chi connectivity index (χ1v) is 7.57. The fourth-order valence-electron chi connectivity index (χ4n) is 1.62. The Morgan fingerprint density at radius 2 is 2.10 bits per heavy atom. The van der Waals surface area contributed by atoms with E-state index in [0.29, 0.717) is 24.0 Å². The molecule has 2 N–H and O–H groups in total. The Labute approximate surface area is 118 Å². The molecule has 0 bridgehead atoms. The Bertz CT molecular complexity index is 632. The van der Waals surface area contributed by atoms with Gasteiger partial charge >= 0.3 is 5.97 Å². The zero-order chi connectivity index (χ0) is 15.2. The number of nitrogens with zero attached hydrogens (tertiary/aromatic N) is 1. The molecule has 7 heteroatoms. The zero-order valence-corrected chi connectivity index (χ0v) is 11.9. The van der Waals surface area contributed by atoms with Crippen molar-refractivity contribution >= 4 is 16.0 Å². The molecule has 0 fully saturated rings. The van der Waals surface area contributed by atoms with Gasteiger partial charge in [0.2, 0.25) is 10.0 Å². The van der Waals surface area contributed by atoms with E-state index in [1.807, 2.05) is 6.07 Å². The van der Waals surface area contributed by atoms with Crippen LogP contribution in [0.4, 0.5) is 0 Å². The Morgan fingerprint density at radius 1 is 1.40 bits per heavy atom. The van der Waals surface area contributed by atoms with Gasteiger partial charge in [-0.2, -0.15) is 5.26 Å². The van der Waals surface area contributed by atoms with Crippen molar-refractivity contribution in [1.82, 2.24) is 4.72 Å². The second-order valence-corrected chi connectivity index (χ2v) is 6.10. The molecule has 0 atom stereocenters. The van der Waals surface area contributed by atoms with Gasteiger partial charge in [-0.1, -0.05) is 0 Å². The van der Waals surface area contributed by atoms with Gasteiger partial charge in [-0.05, 0) is 43.5 Å². The van der Waals surface area contributed by atoms with Crippen LogP contribution in [0.2, 0.25) is 0 Å². The van der Waals surface area contributed by atoms with E-state index >= 15 is 0 Å². The van der Waals surface area contributed by atoms with Gasteiger partial charge in [0.25, 0.3) is 0 Å². The van der Waals surface area contributed by atoms with Crippen LogP contribution in [-0.2, 0) is 14.8 Å². The van der Waals surface area contributed by atoms with Crippen LogP contribution >= 0.6 is 0 Å². The minimum absolute atomic E-state index is 0.0255. The molecule has 0 aromatic heterocycles. The maximum Gasteiger partial charge on any atom is 0.303 e. The maximum atomic E-state index is 12.0. The summed E-state index contributed by atoms with van der Waals surface area (Å²) >= 11 is 0. The van der Waals surface area contributed by atoms with E-state index < -0.39 is 16.0 Å². The number of benzene rings is 1. The molecule has 0 aliphatic rings. The molecule has 0 aliphatic heterocycles. The highest BCUT2D eigenvalue weighted by molar-refractivity contribution is 7.89. The summed E-state index contributed by atoms with van der Waals surface area (Å²) in [4.78, 5) is 10.4. The van der Waals surface area contributed by atoms with E-state index in [1.165, 1.54) is 18.2 Å². The first-order chi connectivity index (χ1) is 9.36. The van der Waals surface area contributed by atoms with Gasteiger partial charge < -0.3 is 5.11 Å². The summed E-state index contributed by atoms with van der Waals surface area (Å²) in [6.07, 6.45) is 0.906. The topological polar surface area (TPSA) is 107 Å². The van der Waals surface area contributed by atoms with Crippen molar-refractivity contribution in [3.8, 4) is 6.07 Å². The lowest BCUT2D eigenvalue weighted by atomic mass is 10.1. The van der Waals surface area contributed by atoms with E-state index in [-0.39, 0.29) is 17.9 Å². The second-order valence-electron chi connectivity index (χ2n) is 4.34. The van der Waals surface area contributed by atoms with Crippen molar-refractivity contribution in [3.63, 3.8) is 0 Å². The lowest BCUT2D eigenvalue weighted by Crippen LogP contribution is -2.25. The van der Waals surface area contributed by atoms with E-state index in [1.54, 1.807) is 6.92 Å². The molecule has 1 rings (SSSR count). The lowest BCUT2D eigenvalue weighted by Gasteiger charge is -2.07. The number of hydrogen-bond acceptors (Lipinski definition) is 4. The molecule has 0 unspecified atom stereocenters. The van der Waals surface area contributed by atoms with Gasteiger partial charge in [0, 0.05) is 13.0 Å². The number of carboxylic acid groups (broad SMARTS) is 1. The van der Waals surface area contributed by atoms with Gasteiger partial charge in [0.05, 0.1) is 16.5 Å². The number of unbranched alkanes of at least 4 members (excludes halogenated alkanes) is 1. The molecule has 108 valence electrons. The molecule has 0 radical (unpaired) electrons. The predicted octanol–water partition coefficient (Wildman–Crippen LogP) is 1.40. The largest absolute Gasteiger partial charge is 0.481 e. The van der Waals surface area contributed by atoms with Gasteiger partial charge in [-0.25, -0.2) is 13.1 Å². The number of nitriles is 1. The predicted molar refractivity (Wildman–Crippen MR) is 72.6 cm³/mol. The summed E-state index contributed by atoms with van der Waals surface area (Å²) in [5, 5.41) is 17.3. The molecule has 6 nitrogen and oxygen atoms in total. The van der Waals surface area contributed by atoms with Crippen LogP contribution < -0.4 is 4.72 Å². The van der Waals surface area contributed by atoms with E-state index in [4.69, 9.17) is 10.4 Å². The molecule has 20 heavy (non-hydrogen) atoms. The van der Waals surface area contributed by atoms with Crippen LogP contribution in [0, 0.1) is 18.3 Å². The van der Waals surface area contributed by atoms with Crippen LogP contribution in [0.1, 0.15) is 30.4 Å². The van der Waals surface area contributed by atoms with E-state index in [2.05, 4.69) is 4.72 Å². The summed E-state index contributed by atoms with van der Waals surface area (Å²) in [6.45, 7) is 1.86. The summed E-state index contributed by atoms with van der Waals surface area (Å²) < 4.78 is 26.4. The van der Waals surface area contributed by atoms with Crippen molar-refractivity contribution in [3.05, 3.63) is 29.3 Å². The quantitative estimate of drug-likeness (QED) is 0.739. The first-order valence-electron chi connectivity index (χ1n) is 6.09. The van der Waals surface area contributed by atoms with E-state index in [9.17, 15) is 13.2 Å². The highest BCUT2D eigenvalue weighted by atomic mass is 32.2. The Morgan fingerprint density at radius 3 is 2.65 bits per heavy atom. The van der Waals surface area contributed by atoms with E-state index in [0.717, 1.165) is 0 Å². The van der Waals surface area contributed by atoms with Crippen molar-refractivity contribution in [2.45, 2.75) is 31.1 Å². The molecule has 0 heterocycles. The number of sulfonamides is 1. The molecular weight excluding hydrogens is 280 g/mol. The number of aryl methyl sites for hydroxylation is 1. The third-order valence-electron chi connectivity index (χ3n) is 2.74. The monoisotopic (exact) mass is 296 g/mol. The van der Waals surface area contributed by atoms with Crippen LogP contribution in [0.3, 0.4) is 0 Å². The summed E-state index contributed by atoms with van der Waals surface area (Å²) in [5.41, 5.74) is 1.03. The molecule has 1 aromatic rings.